The highest BCUT2D eigenvalue weighted by Crippen LogP contribution is 2.29. The van der Waals surface area contributed by atoms with Crippen LogP contribution in [0.15, 0.2) is 11.4 Å². The Bertz CT molecular complexity index is 539. The standard InChI is InChI=1S/C11H10N2OS/c1-3-14-9-4-7(2)10-8(5-12)6-15-11(10)13-9/h4,6H,3H2,1-2H3. The van der Waals surface area contributed by atoms with Gasteiger partial charge < -0.3 is 4.74 Å². The summed E-state index contributed by atoms with van der Waals surface area (Å²) in [6, 6.07) is 4.05. The van der Waals surface area contributed by atoms with Gasteiger partial charge in [0.15, 0.2) is 0 Å². The van der Waals surface area contributed by atoms with Crippen molar-refractivity contribution >= 4 is 21.6 Å². The van der Waals surface area contributed by atoms with E-state index in [2.05, 4.69) is 11.1 Å². The summed E-state index contributed by atoms with van der Waals surface area (Å²) in [6.45, 7) is 4.50. The van der Waals surface area contributed by atoms with E-state index in [1.807, 2.05) is 25.3 Å². The highest BCUT2D eigenvalue weighted by molar-refractivity contribution is 7.17. The van der Waals surface area contributed by atoms with E-state index in [1.54, 1.807) is 0 Å². The molecule has 0 aromatic carbocycles. The zero-order valence-electron chi connectivity index (χ0n) is 8.57. The monoisotopic (exact) mass is 218 g/mol. The van der Waals surface area contributed by atoms with Gasteiger partial charge in [0.25, 0.3) is 0 Å². The van der Waals surface area contributed by atoms with E-state index in [0.717, 1.165) is 15.8 Å². The van der Waals surface area contributed by atoms with Gasteiger partial charge in [-0.25, -0.2) is 4.98 Å². The normalized spacial score (nSPS) is 10.2. The first-order valence-electron chi connectivity index (χ1n) is 4.68. The van der Waals surface area contributed by atoms with Crippen LogP contribution in [0.3, 0.4) is 0 Å². The number of aromatic nitrogens is 1. The number of hydrogen-bond donors (Lipinski definition) is 0. The molecule has 0 N–H and O–H groups in total. The van der Waals surface area contributed by atoms with Crippen LogP contribution in [0.1, 0.15) is 18.1 Å². The van der Waals surface area contributed by atoms with Crippen LogP contribution in [0.25, 0.3) is 10.2 Å². The Labute approximate surface area is 91.9 Å². The predicted octanol–water partition coefficient (Wildman–Crippen LogP) is 2.88. The first kappa shape index (κ1) is 9.94. The van der Waals surface area contributed by atoms with E-state index in [4.69, 9.17) is 10.00 Å². The molecule has 0 fully saturated rings. The quantitative estimate of drug-likeness (QED) is 0.778. The van der Waals surface area contributed by atoms with Gasteiger partial charge in [0.2, 0.25) is 5.88 Å². The lowest BCUT2D eigenvalue weighted by Gasteiger charge is -2.03. The maximum Gasteiger partial charge on any atom is 0.214 e. The van der Waals surface area contributed by atoms with E-state index in [1.165, 1.54) is 11.3 Å². The van der Waals surface area contributed by atoms with Crippen molar-refractivity contribution in [2.75, 3.05) is 6.61 Å². The molecule has 3 nitrogen and oxygen atoms in total. The summed E-state index contributed by atoms with van der Waals surface area (Å²) < 4.78 is 5.35. The molecule has 0 aliphatic rings. The molecule has 2 rings (SSSR count). The van der Waals surface area contributed by atoms with E-state index >= 15 is 0 Å². The molecule has 15 heavy (non-hydrogen) atoms. The molecular weight excluding hydrogens is 208 g/mol. The van der Waals surface area contributed by atoms with Crippen molar-refractivity contribution in [1.82, 2.24) is 4.98 Å². The second-order valence-corrected chi connectivity index (χ2v) is 4.01. The molecule has 0 saturated carbocycles. The fraction of sp³-hybridized carbons (Fsp3) is 0.273. The molecular formula is C11H10N2OS. The van der Waals surface area contributed by atoms with Gasteiger partial charge in [0, 0.05) is 16.8 Å². The smallest absolute Gasteiger partial charge is 0.214 e. The Hall–Kier alpha value is -1.60. The number of nitrogens with zero attached hydrogens (tertiary/aromatic N) is 2. The Morgan fingerprint density at radius 3 is 3.07 bits per heavy atom. The largest absolute Gasteiger partial charge is 0.478 e. The Morgan fingerprint density at radius 1 is 1.60 bits per heavy atom. The lowest BCUT2D eigenvalue weighted by Crippen LogP contribution is -1.94. The van der Waals surface area contributed by atoms with Crippen molar-refractivity contribution < 1.29 is 4.74 Å². The fourth-order valence-corrected chi connectivity index (χ4v) is 2.44. The highest BCUT2D eigenvalue weighted by Gasteiger charge is 2.09. The van der Waals surface area contributed by atoms with Crippen LogP contribution in [0.4, 0.5) is 0 Å². The molecule has 0 unspecified atom stereocenters. The van der Waals surface area contributed by atoms with Crippen LogP contribution in [0, 0.1) is 18.3 Å². The molecule has 76 valence electrons. The van der Waals surface area contributed by atoms with Gasteiger partial charge in [-0.2, -0.15) is 5.26 Å². The van der Waals surface area contributed by atoms with Gasteiger partial charge in [0.05, 0.1) is 12.2 Å². The van der Waals surface area contributed by atoms with E-state index in [-0.39, 0.29) is 0 Å². The molecule has 4 heteroatoms. The Kier molecular flexibility index (Phi) is 2.57. The van der Waals surface area contributed by atoms with Crippen LogP contribution in [-0.4, -0.2) is 11.6 Å². The molecule has 0 amide bonds. The third-order valence-electron chi connectivity index (χ3n) is 2.13. The minimum absolute atomic E-state index is 0.606. The van der Waals surface area contributed by atoms with Crippen LogP contribution >= 0.6 is 11.3 Å². The molecule has 0 aliphatic carbocycles. The summed E-state index contributed by atoms with van der Waals surface area (Å²) >= 11 is 1.48. The average Bonchev–Trinajstić information content (AvgIpc) is 2.61. The predicted molar refractivity (Wildman–Crippen MR) is 60.2 cm³/mol. The number of rotatable bonds is 2. The zero-order valence-corrected chi connectivity index (χ0v) is 9.39. The van der Waals surface area contributed by atoms with Crippen LogP contribution in [0.5, 0.6) is 5.88 Å². The molecule has 2 aromatic heterocycles. The number of ether oxygens (including phenoxy) is 1. The van der Waals surface area contributed by atoms with E-state index in [9.17, 15) is 0 Å². The average molecular weight is 218 g/mol. The molecule has 0 aliphatic heterocycles. The number of hydrogen-bond acceptors (Lipinski definition) is 4. The topological polar surface area (TPSA) is 45.9 Å². The number of fused-ring (bicyclic) bond motifs is 1. The number of aryl methyl sites for hydroxylation is 1. The minimum Gasteiger partial charge on any atom is -0.478 e. The molecule has 2 aromatic rings. The molecule has 0 saturated heterocycles. The Morgan fingerprint density at radius 2 is 2.40 bits per heavy atom. The molecule has 0 radical (unpaired) electrons. The summed E-state index contributed by atoms with van der Waals surface area (Å²) in [5.74, 6) is 0.633. The third kappa shape index (κ3) is 1.66. The first-order valence-corrected chi connectivity index (χ1v) is 5.56. The van der Waals surface area contributed by atoms with Gasteiger partial charge in [-0.3, -0.25) is 0 Å². The van der Waals surface area contributed by atoms with Crippen molar-refractivity contribution in [3.05, 3.63) is 22.6 Å². The summed E-state index contributed by atoms with van der Waals surface area (Å²) in [4.78, 5) is 5.21. The van der Waals surface area contributed by atoms with Crippen LogP contribution in [0.2, 0.25) is 0 Å². The SMILES string of the molecule is CCOc1cc(C)c2c(C#N)csc2n1. The van der Waals surface area contributed by atoms with E-state index < -0.39 is 0 Å². The summed E-state index contributed by atoms with van der Waals surface area (Å²) in [7, 11) is 0. The van der Waals surface area contributed by atoms with Gasteiger partial charge in [-0.15, -0.1) is 11.3 Å². The van der Waals surface area contributed by atoms with E-state index in [0.29, 0.717) is 18.1 Å². The number of pyridine rings is 1. The van der Waals surface area contributed by atoms with Gasteiger partial charge >= 0.3 is 0 Å². The van der Waals surface area contributed by atoms with Crippen molar-refractivity contribution in [2.24, 2.45) is 0 Å². The zero-order chi connectivity index (χ0) is 10.8. The molecule has 0 bridgehead atoms. The van der Waals surface area contributed by atoms with Gasteiger partial charge in [-0.1, -0.05) is 0 Å². The Balaban J connectivity index is 2.65. The third-order valence-corrected chi connectivity index (χ3v) is 3.00. The fourth-order valence-electron chi connectivity index (χ4n) is 1.50. The minimum atomic E-state index is 0.606. The van der Waals surface area contributed by atoms with Crippen LogP contribution < -0.4 is 4.74 Å². The van der Waals surface area contributed by atoms with Gasteiger partial charge in [0.1, 0.15) is 10.9 Å². The second-order valence-electron chi connectivity index (χ2n) is 3.15. The summed E-state index contributed by atoms with van der Waals surface area (Å²) in [6.07, 6.45) is 0. The lowest BCUT2D eigenvalue weighted by molar-refractivity contribution is 0.328. The van der Waals surface area contributed by atoms with Crippen molar-refractivity contribution in [3.8, 4) is 11.9 Å². The van der Waals surface area contributed by atoms with Crippen LogP contribution in [-0.2, 0) is 0 Å². The molecule has 2 heterocycles. The van der Waals surface area contributed by atoms with Crippen molar-refractivity contribution in [3.63, 3.8) is 0 Å². The highest BCUT2D eigenvalue weighted by atomic mass is 32.1. The van der Waals surface area contributed by atoms with Gasteiger partial charge in [-0.05, 0) is 19.4 Å². The summed E-state index contributed by atoms with van der Waals surface area (Å²) in [5, 5.41) is 11.7. The maximum absolute atomic E-state index is 8.92. The van der Waals surface area contributed by atoms with Crippen molar-refractivity contribution in [2.45, 2.75) is 13.8 Å². The summed E-state index contributed by atoms with van der Waals surface area (Å²) in [5.41, 5.74) is 1.74. The number of thiophene rings is 1. The number of nitriles is 1. The first-order chi connectivity index (χ1) is 7.26. The molecule has 0 spiro atoms. The second kappa shape index (κ2) is 3.87. The molecule has 0 atom stereocenters. The maximum atomic E-state index is 8.92. The van der Waals surface area contributed by atoms with Crippen molar-refractivity contribution in [1.29, 1.82) is 5.26 Å². The lowest BCUT2D eigenvalue weighted by atomic mass is 10.1.